The predicted molar refractivity (Wildman–Crippen MR) is 63.8 cm³/mol. The molecule has 0 aromatic heterocycles. The number of hydrogen-bond acceptors (Lipinski definition) is 1. The molecule has 0 spiro atoms. The van der Waals surface area contributed by atoms with Gasteiger partial charge >= 0.3 is 0 Å². The minimum Gasteiger partial charge on any atom is -0.298 e. The maximum absolute atomic E-state index is 12.6. The highest BCUT2D eigenvalue weighted by atomic mass is 19.1. The smallest absolute Gasteiger partial charge is 0.105 e. The number of nitrogens with zero attached hydrogens (tertiary/aromatic N) is 1. The molecule has 0 saturated heterocycles. The van der Waals surface area contributed by atoms with Gasteiger partial charge in [0.25, 0.3) is 0 Å². The van der Waals surface area contributed by atoms with Crippen LogP contribution in [0.3, 0.4) is 0 Å². The van der Waals surface area contributed by atoms with Gasteiger partial charge in [-0.1, -0.05) is 13.8 Å². The molecule has 90 valence electrons. The fourth-order valence-electron chi connectivity index (χ4n) is 2.64. The molecule has 1 aliphatic rings. The number of halogens is 1. The van der Waals surface area contributed by atoms with Gasteiger partial charge in [-0.05, 0) is 51.5 Å². The first-order chi connectivity index (χ1) is 7.06. The van der Waals surface area contributed by atoms with Gasteiger partial charge < -0.3 is 0 Å². The van der Waals surface area contributed by atoms with Crippen LogP contribution in [-0.2, 0) is 0 Å². The molecule has 0 N–H and O–H groups in total. The lowest BCUT2D eigenvalue weighted by molar-refractivity contribution is 0.103. The van der Waals surface area contributed by atoms with Crippen LogP contribution >= 0.6 is 0 Å². The van der Waals surface area contributed by atoms with E-state index in [1.54, 1.807) is 0 Å². The van der Waals surface area contributed by atoms with E-state index in [-0.39, 0.29) is 12.7 Å². The SMILES string of the molecule is CC(C)C1CCC(N(C)C(C)CF)CC1. The fraction of sp³-hybridized carbons (Fsp3) is 1.00. The van der Waals surface area contributed by atoms with E-state index in [1.165, 1.54) is 25.7 Å². The van der Waals surface area contributed by atoms with Gasteiger partial charge in [0.15, 0.2) is 0 Å². The van der Waals surface area contributed by atoms with Gasteiger partial charge in [0, 0.05) is 12.1 Å². The van der Waals surface area contributed by atoms with Crippen LogP contribution in [0.2, 0.25) is 0 Å². The summed E-state index contributed by atoms with van der Waals surface area (Å²) in [5.41, 5.74) is 0. The Morgan fingerprint density at radius 2 is 1.67 bits per heavy atom. The van der Waals surface area contributed by atoms with Crippen molar-refractivity contribution in [3.63, 3.8) is 0 Å². The molecule has 1 rings (SSSR count). The van der Waals surface area contributed by atoms with Crippen molar-refractivity contribution in [2.75, 3.05) is 13.7 Å². The summed E-state index contributed by atoms with van der Waals surface area (Å²) in [6, 6.07) is 0.705. The van der Waals surface area contributed by atoms with E-state index in [9.17, 15) is 4.39 Å². The van der Waals surface area contributed by atoms with Crippen molar-refractivity contribution in [1.82, 2.24) is 4.90 Å². The number of rotatable bonds is 4. The van der Waals surface area contributed by atoms with Crippen LogP contribution in [0.4, 0.5) is 4.39 Å². The van der Waals surface area contributed by atoms with E-state index in [4.69, 9.17) is 0 Å². The van der Waals surface area contributed by atoms with Crippen molar-refractivity contribution in [3.05, 3.63) is 0 Å². The molecule has 0 bridgehead atoms. The third-order valence-corrected chi connectivity index (χ3v) is 4.18. The van der Waals surface area contributed by atoms with E-state index in [0.717, 1.165) is 11.8 Å². The zero-order valence-corrected chi connectivity index (χ0v) is 10.7. The van der Waals surface area contributed by atoms with Crippen LogP contribution in [-0.4, -0.2) is 30.7 Å². The minimum atomic E-state index is -0.222. The van der Waals surface area contributed by atoms with Gasteiger partial charge in [-0.3, -0.25) is 4.90 Å². The summed E-state index contributed by atoms with van der Waals surface area (Å²) in [7, 11) is 2.07. The van der Waals surface area contributed by atoms with Crippen LogP contribution in [0.1, 0.15) is 46.5 Å². The molecule has 0 aromatic rings. The minimum absolute atomic E-state index is 0.0885. The average molecular weight is 215 g/mol. The fourth-order valence-corrected chi connectivity index (χ4v) is 2.64. The monoisotopic (exact) mass is 215 g/mol. The molecule has 0 aliphatic heterocycles. The van der Waals surface area contributed by atoms with Crippen LogP contribution in [0, 0.1) is 11.8 Å². The zero-order chi connectivity index (χ0) is 11.4. The Hall–Kier alpha value is -0.110. The van der Waals surface area contributed by atoms with Gasteiger partial charge in [-0.25, -0.2) is 4.39 Å². The van der Waals surface area contributed by atoms with Crippen molar-refractivity contribution in [1.29, 1.82) is 0 Å². The Labute approximate surface area is 94.0 Å². The first-order valence-electron chi connectivity index (χ1n) is 6.34. The Bertz CT molecular complexity index is 173. The van der Waals surface area contributed by atoms with E-state index in [2.05, 4.69) is 25.8 Å². The molecule has 0 heterocycles. The molecule has 0 radical (unpaired) electrons. The summed E-state index contributed by atoms with van der Waals surface area (Å²) in [4.78, 5) is 2.23. The molecule has 1 aliphatic carbocycles. The number of alkyl halides is 1. The van der Waals surface area contributed by atoms with Gasteiger partial charge in [0.05, 0.1) is 0 Å². The molecule has 0 amide bonds. The summed E-state index contributed by atoms with van der Waals surface area (Å²) >= 11 is 0. The lowest BCUT2D eigenvalue weighted by Gasteiger charge is -2.38. The van der Waals surface area contributed by atoms with Crippen molar-refractivity contribution >= 4 is 0 Å². The van der Waals surface area contributed by atoms with Gasteiger partial charge in [0.2, 0.25) is 0 Å². The maximum Gasteiger partial charge on any atom is 0.105 e. The normalized spacial score (nSPS) is 29.8. The molecule has 1 saturated carbocycles. The van der Waals surface area contributed by atoms with E-state index >= 15 is 0 Å². The van der Waals surface area contributed by atoms with Crippen LogP contribution in [0.15, 0.2) is 0 Å². The van der Waals surface area contributed by atoms with Crippen molar-refractivity contribution < 1.29 is 4.39 Å². The third kappa shape index (κ3) is 3.44. The molecule has 1 nitrogen and oxygen atoms in total. The summed E-state index contributed by atoms with van der Waals surface area (Å²) < 4.78 is 12.6. The second-order valence-electron chi connectivity index (χ2n) is 5.48. The molecule has 2 heteroatoms. The summed E-state index contributed by atoms with van der Waals surface area (Å²) in [5.74, 6) is 1.71. The molecular weight excluding hydrogens is 189 g/mol. The molecule has 0 aromatic carbocycles. The zero-order valence-electron chi connectivity index (χ0n) is 10.7. The summed E-state index contributed by atoms with van der Waals surface area (Å²) in [6.45, 7) is 6.40. The summed E-state index contributed by atoms with van der Waals surface area (Å²) in [5, 5.41) is 0. The molecular formula is C13H26FN. The van der Waals surface area contributed by atoms with Gasteiger partial charge in [-0.2, -0.15) is 0 Å². The highest BCUT2D eigenvalue weighted by Crippen LogP contribution is 2.32. The van der Waals surface area contributed by atoms with Gasteiger partial charge in [-0.15, -0.1) is 0 Å². The Morgan fingerprint density at radius 3 is 2.07 bits per heavy atom. The lowest BCUT2D eigenvalue weighted by atomic mass is 9.79. The average Bonchev–Trinajstić information content (AvgIpc) is 2.27. The second-order valence-corrected chi connectivity index (χ2v) is 5.48. The first-order valence-corrected chi connectivity index (χ1v) is 6.34. The molecule has 1 fully saturated rings. The van der Waals surface area contributed by atoms with E-state index in [1.807, 2.05) is 6.92 Å². The van der Waals surface area contributed by atoms with E-state index in [0.29, 0.717) is 6.04 Å². The third-order valence-electron chi connectivity index (χ3n) is 4.18. The van der Waals surface area contributed by atoms with Crippen LogP contribution in [0.25, 0.3) is 0 Å². The topological polar surface area (TPSA) is 3.24 Å². The highest BCUT2D eigenvalue weighted by molar-refractivity contribution is 4.81. The Balaban J connectivity index is 2.36. The second kappa shape index (κ2) is 5.83. The highest BCUT2D eigenvalue weighted by Gasteiger charge is 2.27. The first kappa shape index (κ1) is 13.0. The van der Waals surface area contributed by atoms with Crippen LogP contribution in [0.5, 0.6) is 0 Å². The van der Waals surface area contributed by atoms with Crippen molar-refractivity contribution in [3.8, 4) is 0 Å². The molecule has 1 atom stereocenters. The Kier molecular flexibility index (Phi) is 5.04. The largest absolute Gasteiger partial charge is 0.298 e. The molecule has 1 unspecified atom stereocenters. The van der Waals surface area contributed by atoms with Gasteiger partial charge in [0.1, 0.15) is 6.67 Å². The molecule has 15 heavy (non-hydrogen) atoms. The van der Waals surface area contributed by atoms with Crippen molar-refractivity contribution in [2.45, 2.75) is 58.5 Å². The predicted octanol–water partition coefficient (Wildman–Crippen LogP) is 3.49. The Morgan fingerprint density at radius 1 is 1.13 bits per heavy atom. The van der Waals surface area contributed by atoms with Crippen LogP contribution < -0.4 is 0 Å². The number of hydrogen-bond donors (Lipinski definition) is 0. The summed E-state index contributed by atoms with van der Waals surface area (Å²) in [6.07, 6.45) is 5.16. The van der Waals surface area contributed by atoms with E-state index < -0.39 is 0 Å². The quantitative estimate of drug-likeness (QED) is 0.694. The van der Waals surface area contributed by atoms with Crippen molar-refractivity contribution in [2.24, 2.45) is 11.8 Å². The maximum atomic E-state index is 12.6. The lowest BCUT2D eigenvalue weighted by Crippen LogP contribution is -2.42. The standard InChI is InChI=1S/C13H26FN/c1-10(2)12-5-7-13(8-6-12)15(4)11(3)9-14/h10-13H,5-9H2,1-4H3.